The van der Waals surface area contributed by atoms with E-state index in [1.807, 2.05) is 12.2 Å². The molecule has 0 aliphatic rings. The van der Waals surface area contributed by atoms with Crippen LogP contribution < -0.4 is 5.32 Å². The van der Waals surface area contributed by atoms with Gasteiger partial charge < -0.3 is 5.32 Å². The first kappa shape index (κ1) is 11.4. The fourth-order valence-electron chi connectivity index (χ4n) is 1.22. The summed E-state index contributed by atoms with van der Waals surface area (Å²) in [4.78, 5) is 0. The van der Waals surface area contributed by atoms with Crippen molar-refractivity contribution in [2.24, 2.45) is 5.92 Å². The quantitative estimate of drug-likeness (QED) is 0.433. The lowest BCUT2D eigenvalue weighted by molar-refractivity contribution is 0.485. The summed E-state index contributed by atoms with van der Waals surface area (Å²) in [5.74, 6) is 0.687. The van der Waals surface area contributed by atoms with Crippen molar-refractivity contribution in [3.63, 3.8) is 0 Å². The molecule has 0 fully saturated rings. The highest BCUT2D eigenvalue weighted by Gasteiger charge is 2.02. The van der Waals surface area contributed by atoms with Gasteiger partial charge in [0.25, 0.3) is 0 Å². The Kier molecular flexibility index (Phi) is 8.14. The van der Waals surface area contributed by atoms with Crippen LogP contribution in [-0.2, 0) is 0 Å². The fourth-order valence-corrected chi connectivity index (χ4v) is 1.22. The zero-order chi connectivity index (χ0) is 9.23. The number of nitrogens with one attached hydrogen (secondary N) is 1. The van der Waals surface area contributed by atoms with Gasteiger partial charge >= 0.3 is 0 Å². The van der Waals surface area contributed by atoms with Gasteiger partial charge in [-0.2, -0.15) is 0 Å². The molecule has 12 heavy (non-hydrogen) atoms. The highest BCUT2D eigenvalue weighted by Crippen LogP contribution is 2.07. The number of hydrogen-bond acceptors (Lipinski definition) is 1. The summed E-state index contributed by atoms with van der Waals surface area (Å²) in [5.41, 5.74) is 0. The van der Waals surface area contributed by atoms with Gasteiger partial charge in [0.2, 0.25) is 0 Å². The van der Waals surface area contributed by atoms with Crippen molar-refractivity contribution in [1.29, 1.82) is 0 Å². The summed E-state index contributed by atoms with van der Waals surface area (Å²) in [6.07, 6.45) is 7.35. The van der Waals surface area contributed by atoms with E-state index in [4.69, 9.17) is 0 Å². The molecule has 1 heteroatoms. The molecule has 0 heterocycles. The third kappa shape index (κ3) is 6.17. The lowest BCUT2D eigenvalue weighted by atomic mass is 10.0. The minimum absolute atomic E-state index is 0.687. The largest absolute Gasteiger partial charge is 0.316 e. The van der Waals surface area contributed by atoms with Crippen LogP contribution in [0.15, 0.2) is 25.3 Å². The molecule has 0 unspecified atom stereocenters. The van der Waals surface area contributed by atoms with Crippen molar-refractivity contribution in [3.05, 3.63) is 25.3 Å². The van der Waals surface area contributed by atoms with Crippen LogP contribution in [0.1, 0.15) is 26.2 Å². The smallest absolute Gasteiger partial charge is 0.00146 e. The second kappa shape index (κ2) is 8.54. The van der Waals surface area contributed by atoms with E-state index in [1.54, 1.807) is 0 Å². The molecule has 0 saturated carbocycles. The zero-order valence-corrected chi connectivity index (χ0v) is 8.18. The maximum atomic E-state index is 3.75. The van der Waals surface area contributed by atoms with Gasteiger partial charge in [-0.25, -0.2) is 0 Å². The van der Waals surface area contributed by atoms with Gasteiger partial charge in [-0.3, -0.25) is 0 Å². The normalized spacial score (nSPS) is 10.2. The Morgan fingerprint density at radius 1 is 1.25 bits per heavy atom. The van der Waals surface area contributed by atoms with Crippen molar-refractivity contribution in [2.45, 2.75) is 26.2 Å². The first-order valence-corrected chi connectivity index (χ1v) is 4.77. The molecule has 1 N–H and O–H groups in total. The highest BCUT2D eigenvalue weighted by atomic mass is 14.8. The van der Waals surface area contributed by atoms with Crippen molar-refractivity contribution in [2.75, 3.05) is 13.1 Å². The van der Waals surface area contributed by atoms with Crippen LogP contribution in [0.2, 0.25) is 0 Å². The Labute approximate surface area is 76.6 Å². The molecule has 0 aliphatic carbocycles. The van der Waals surface area contributed by atoms with Gasteiger partial charge in [0.1, 0.15) is 0 Å². The fraction of sp³-hybridized carbons (Fsp3) is 0.636. The lowest BCUT2D eigenvalue weighted by Crippen LogP contribution is -2.22. The summed E-state index contributed by atoms with van der Waals surface area (Å²) in [6, 6.07) is 0. The van der Waals surface area contributed by atoms with E-state index in [1.165, 1.54) is 6.42 Å². The Morgan fingerprint density at radius 2 is 1.83 bits per heavy atom. The average molecular weight is 167 g/mol. The molecular weight excluding hydrogens is 146 g/mol. The zero-order valence-electron chi connectivity index (χ0n) is 8.18. The third-order valence-corrected chi connectivity index (χ3v) is 1.86. The minimum atomic E-state index is 0.687. The predicted octanol–water partition coefficient (Wildman–Crippen LogP) is 2.75. The minimum Gasteiger partial charge on any atom is -0.316 e. The molecule has 0 saturated heterocycles. The van der Waals surface area contributed by atoms with Crippen LogP contribution >= 0.6 is 0 Å². The second-order valence-electron chi connectivity index (χ2n) is 3.12. The SMILES string of the molecule is C=CCC(CC=C)CNCCC. The Balaban J connectivity index is 3.47. The molecule has 0 amide bonds. The van der Waals surface area contributed by atoms with Crippen LogP contribution in [0, 0.1) is 5.92 Å². The van der Waals surface area contributed by atoms with E-state index >= 15 is 0 Å². The Bertz CT molecular complexity index is 108. The second-order valence-corrected chi connectivity index (χ2v) is 3.12. The van der Waals surface area contributed by atoms with Gasteiger partial charge in [0.15, 0.2) is 0 Å². The summed E-state index contributed by atoms with van der Waals surface area (Å²) < 4.78 is 0. The number of rotatable bonds is 8. The van der Waals surface area contributed by atoms with E-state index < -0.39 is 0 Å². The van der Waals surface area contributed by atoms with Crippen molar-refractivity contribution in [3.8, 4) is 0 Å². The van der Waals surface area contributed by atoms with E-state index in [2.05, 4.69) is 25.4 Å². The summed E-state index contributed by atoms with van der Waals surface area (Å²) in [7, 11) is 0. The lowest BCUT2D eigenvalue weighted by Gasteiger charge is -2.12. The molecule has 0 rings (SSSR count). The van der Waals surface area contributed by atoms with Crippen molar-refractivity contribution in [1.82, 2.24) is 5.32 Å². The molecule has 0 aromatic heterocycles. The summed E-state index contributed by atoms with van der Waals surface area (Å²) in [5, 5.41) is 3.41. The first-order valence-electron chi connectivity index (χ1n) is 4.77. The monoisotopic (exact) mass is 167 g/mol. The molecule has 0 radical (unpaired) electrons. The average Bonchev–Trinajstić information content (AvgIpc) is 2.06. The highest BCUT2D eigenvalue weighted by molar-refractivity contribution is 4.80. The van der Waals surface area contributed by atoms with Gasteiger partial charge in [0, 0.05) is 0 Å². The molecule has 0 spiro atoms. The molecule has 0 aromatic carbocycles. The van der Waals surface area contributed by atoms with Crippen LogP contribution in [0.3, 0.4) is 0 Å². The maximum Gasteiger partial charge on any atom is -0.00146 e. The maximum absolute atomic E-state index is 3.75. The van der Waals surface area contributed by atoms with Crippen LogP contribution in [-0.4, -0.2) is 13.1 Å². The van der Waals surface area contributed by atoms with Crippen LogP contribution in [0.5, 0.6) is 0 Å². The predicted molar refractivity (Wildman–Crippen MR) is 56.3 cm³/mol. The van der Waals surface area contributed by atoms with E-state index in [9.17, 15) is 0 Å². The van der Waals surface area contributed by atoms with Crippen LogP contribution in [0.4, 0.5) is 0 Å². The Morgan fingerprint density at radius 3 is 2.25 bits per heavy atom. The molecule has 0 aromatic rings. The van der Waals surface area contributed by atoms with E-state index in [0.717, 1.165) is 25.9 Å². The van der Waals surface area contributed by atoms with E-state index in [-0.39, 0.29) is 0 Å². The van der Waals surface area contributed by atoms with E-state index in [0.29, 0.717) is 5.92 Å². The van der Waals surface area contributed by atoms with Gasteiger partial charge in [0.05, 0.1) is 0 Å². The summed E-state index contributed by atoms with van der Waals surface area (Å²) in [6.45, 7) is 11.9. The molecule has 1 nitrogen and oxygen atoms in total. The molecule has 0 bridgehead atoms. The summed E-state index contributed by atoms with van der Waals surface area (Å²) >= 11 is 0. The molecule has 0 atom stereocenters. The van der Waals surface area contributed by atoms with Gasteiger partial charge in [-0.1, -0.05) is 19.1 Å². The number of hydrogen-bond donors (Lipinski definition) is 1. The van der Waals surface area contributed by atoms with Crippen molar-refractivity contribution >= 4 is 0 Å². The number of allylic oxidation sites excluding steroid dienone is 2. The molecule has 0 aliphatic heterocycles. The first-order chi connectivity index (χ1) is 5.85. The van der Waals surface area contributed by atoms with Gasteiger partial charge in [-0.15, -0.1) is 13.2 Å². The molecular formula is C11H21N. The standard InChI is InChI=1S/C11H21N/c1-4-7-11(8-5-2)10-12-9-6-3/h4-5,11-12H,1-2,6-10H2,3H3. The van der Waals surface area contributed by atoms with Crippen LogP contribution in [0.25, 0.3) is 0 Å². The topological polar surface area (TPSA) is 12.0 Å². The third-order valence-electron chi connectivity index (χ3n) is 1.86. The van der Waals surface area contributed by atoms with Crippen molar-refractivity contribution < 1.29 is 0 Å². The molecule has 70 valence electrons. The Hall–Kier alpha value is -0.560. The van der Waals surface area contributed by atoms with Gasteiger partial charge in [-0.05, 0) is 38.3 Å².